The molecule has 8 heteroatoms. The van der Waals surface area contributed by atoms with E-state index >= 15 is 0 Å². The van der Waals surface area contributed by atoms with E-state index in [0.717, 1.165) is 12.0 Å². The van der Waals surface area contributed by atoms with Crippen LogP contribution >= 0.6 is 0 Å². The Morgan fingerprint density at radius 2 is 1.84 bits per heavy atom. The molecule has 3 aromatic rings. The van der Waals surface area contributed by atoms with E-state index in [9.17, 15) is 19.2 Å². The Bertz CT molecular complexity index is 1360. The number of benzene rings is 1. The topological polar surface area (TPSA) is 113 Å². The van der Waals surface area contributed by atoms with E-state index in [2.05, 4.69) is 0 Å². The molecule has 1 aliphatic carbocycles. The fourth-order valence-electron chi connectivity index (χ4n) is 3.53. The molecular weight excluding hydrogens is 404 g/mol. The molecule has 1 aromatic carbocycles. The minimum atomic E-state index is -0.719. The zero-order valence-corrected chi connectivity index (χ0v) is 16.9. The van der Waals surface area contributed by atoms with Crippen LogP contribution < -0.4 is 16.0 Å². The molecular formula is C23H18O8. The number of hydrogen-bond acceptors (Lipinski definition) is 8. The zero-order chi connectivity index (χ0) is 22.1. The van der Waals surface area contributed by atoms with Crippen molar-refractivity contribution in [3.05, 3.63) is 68.1 Å². The van der Waals surface area contributed by atoms with Gasteiger partial charge in [-0.2, -0.15) is 0 Å². The molecule has 0 fully saturated rings. The van der Waals surface area contributed by atoms with Crippen molar-refractivity contribution in [3.8, 4) is 16.9 Å². The van der Waals surface area contributed by atoms with Gasteiger partial charge in [-0.25, -0.2) is 9.59 Å². The summed E-state index contributed by atoms with van der Waals surface area (Å²) in [6.07, 6.45) is 5.20. The second kappa shape index (κ2) is 8.06. The molecule has 0 N–H and O–H groups in total. The van der Waals surface area contributed by atoms with Crippen LogP contribution in [0.3, 0.4) is 0 Å². The summed E-state index contributed by atoms with van der Waals surface area (Å²) in [5, 5.41) is 0.413. The summed E-state index contributed by atoms with van der Waals surface area (Å²) in [4.78, 5) is 47.9. The van der Waals surface area contributed by atoms with Gasteiger partial charge in [-0.1, -0.05) is 6.08 Å². The zero-order valence-electron chi connectivity index (χ0n) is 16.9. The van der Waals surface area contributed by atoms with Crippen LogP contribution in [-0.2, 0) is 27.4 Å². The van der Waals surface area contributed by atoms with Crippen molar-refractivity contribution < 1.29 is 27.9 Å². The number of carbonyl (C=O) groups is 2. The smallest absolute Gasteiger partial charge is 0.344 e. The molecule has 0 amide bonds. The molecule has 0 unspecified atom stereocenters. The highest BCUT2D eigenvalue weighted by atomic mass is 16.5. The van der Waals surface area contributed by atoms with E-state index in [1.165, 1.54) is 26.0 Å². The number of rotatable bonds is 4. The van der Waals surface area contributed by atoms with E-state index in [1.807, 2.05) is 6.08 Å². The first-order valence-electron chi connectivity index (χ1n) is 9.59. The maximum atomic E-state index is 12.7. The van der Waals surface area contributed by atoms with Gasteiger partial charge in [-0.15, -0.1) is 0 Å². The molecule has 4 rings (SSSR count). The quantitative estimate of drug-likeness (QED) is 0.357. The molecule has 2 heterocycles. The second-order valence-corrected chi connectivity index (χ2v) is 7.05. The summed E-state index contributed by atoms with van der Waals surface area (Å²) in [6.45, 7) is 2.16. The van der Waals surface area contributed by atoms with Gasteiger partial charge in [0.15, 0.2) is 0 Å². The van der Waals surface area contributed by atoms with Crippen LogP contribution in [0.2, 0.25) is 0 Å². The predicted octanol–water partition coefficient (Wildman–Crippen LogP) is 3.36. The van der Waals surface area contributed by atoms with E-state index in [4.69, 9.17) is 18.3 Å². The lowest BCUT2D eigenvalue weighted by Crippen LogP contribution is -2.11. The van der Waals surface area contributed by atoms with Crippen LogP contribution in [0.15, 0.2) is 48.8 Å². The second-order valence-electron chi connectivity index (χ2n) is 7.05. The number of ether oxygens (including phenoxy) is 2. The summed E-state index contributed by atoms with van der Waals surface area (Å²) >= 11 is 0. The van der Waals surface area contributed by atoms with Crippen molar-refractivity contribution >= 4 is 29.0 Å². The number of aryl methyl sites for hydroxylation is 1. The van der Waals surface area contributed by atoms with E-state index in [-0.39, 0.29) is 29.1 Å². The lowest BCUT2D eigenvalue weighted by atomic mass is 9.97. The molecule has 0 aliphatic heterocycles. The van der Waals surface area contributed by atoms with Crippen LogP contribution in [0.1, 0.15) is 37.2 Å². The van der Waals surface area contributed by atoms with Crippen LogP contribution in [0.5, 0.6) is 5.75 Å². The van der Waals surface area contributed by atoms with Crippen LogP contribution in [-0.4, -0.2) is 11.9 Å². The third-order valence-electron chi connectivity index (χ3n) is 4.84. The Kier molecular flexibility index (Phi) is 5.29. The van der Waals surface area contributed by atoms with Crippen LogP contribution in [0.25, 0.3) is 28.2 Å². The van der Waals surface area contributed by atoms with Crippen molar-refractivity contribution in [2.24, 2.45) is 0 Å². The van der Waals surface area contributed by atoms with E-state index < -0.39 is 23.2 Å². The summed E-state index contributed by atoms with van der Waals surface area (Å²) in [7, 11) is 0. The highest BCUT2D eigenvalue weighted by Gasteiger charge is 2.21. The molecule has 8 nitrogen and oxygen atoms in total. The van der Waals surface area contributed by atoms with Crippen molar-refractivity contribution in [3.63, 3.8) is 0 Å². The number of esters is 2. The molecule has 31 heavy (non-hydrogen) atoms. The monoisotopic (exact) mass is 422 g/mol. The maximum Gasteiger partial charge on any atom is 0.344 e. The van der Waals surface area contributed by atoms with E-state index in [0.29, 0.717) is 23.1 Å². The van der Waals surface area contributed by atoms with Gasteiger partial charge in [0.1, 0.15) is 23.7 Å². The number of fused-ring (bicyclic) bond motifs is 2. The third kappa shape index (κ3) is 4.05. The van der Waals surface area contributed by atoms with Crippen molar-refractivity contribution in [2.75, 3.05) is 0 Å². The molecule has 1 aliphatic rings. The summed E-state index contributed by atoms with van der Waals surface area (Å²) in [6, 6.07) is 5.99. The number of carbonyl (C=O) groups excluding carboxylic acids is 2. The lowest BCUT2D eigenvalue weighted by molar-refractivity contribution is -0.142. The lowest BCUT2D eigenvalue weighted by Gasteiger charge is -2.14. The molecule has 0 spiro atoms. The molecule has 0 bridgehead atoms. The van der Waals surface area contributed by atoms with Crippen molar-refractivity contribution in [1.29, 1.82) is 0 Å². The predicted molar refractivity (Wildman–Crippen MR) is 111 cm³/mol. The molecule has 0 saturated carbocycles. The molecule has 0 radical (unpaired) electrons. The summed E-state index contributed by atoms with van der Waals surface area (Å²) in [5.74, 6) is -0.567. The van der Waals surface area contributed by atoms with Gasteiger partial charge in [-0.05, 0) is 42.7 Å². The van der Waals surface area contributed by atoms with Crippen molar-refractivity contribution in [2.45, 2.75) is 33.3 Å². The molecule has 0 saturated heterocycles. The van der Waals surface area contributed by atoms with Gasteiger partial charge in [-0.3, -0.25) is 9.59 Å². The molecule has 2 aromatic heterocycles. The van der Waals surface area contributed by atoms with Gasteiger partial charge in [0.25, 0.3) is 0 Å². The van der Waals surface area contributed by atoms with Gasteiger partial charge in [0.2, 0.25) is 0 Å². The standard InChI is InChI=1S/C23H18O8/c1-12(24)28-11-18-20(29-13(2)25)8-7-15-16(10-21(26)31-22(15)18)17-9-14-5-3-4-6-19(14)30-23(17)27/h4,6-10H,3,5,11H2,1-2H3. The van der Waals surface area contributed by atoms with Gasteiger partial charge >= 0.3 is 23.2 Å². The van der Waals surface area contributed by atoms with Crippen molar-refractivity contribution in [1.82, 2.24) is 0 Å². The average Bonchev–Trinajstić information content (AvgIpc) is 2.71. The molecule has 0 atom stereocenters. The summed E-state index contributed by atoms with van der Waals surface area (Å²) in [5.41, 5.74) is 0.328. The largest absolute Gasteiger partial charge is 0.461 e. The first-order chi connectivity index (χ1) is 14.8. The van der Waals surface area contributed by atoms with Gasteiger partial charge < -0.3 is 18.3 Å². The average molecular weight is 422 g/mol. The van der Waals surface area contributed by atoms with Gasteiger partial charge in [0, 0.05) is 30.9 Å². The minimum Gasteiger partial charge on any atom is -0.461 e. The Morgan fingerprint density at radius 1 is 1.03 bits per heavy atom. The minimum absolute atomic E-state index is 0.0551. The normalized spacial score (nSPS) is 12.5. The van der Waals surface area contributed by atoms with Gasteiger partial charge in [0.05, 0.1) is 11.1 Å². The maximum absolute atomic E-state index is 12.7. The highest BCUT2D eigenvalue weighted by Crippen LogP contribution is 2.34. The first-order valence-corrected chi connectivity index (χ1v) is 9.59. The Balaban J connectivity index is 1.98. The SMILES string of the molecule is CC(=O)OCc1c(OC(C)=O)ccc2c(-c3cc4c(oc3=O)C=CCC4)cc(=O)oc12. The Labute approximate surface area is 175 Å². The van der Waals surface area contributed by atoms with E-state index in [1.54, 1.807) is 18.2 Å². The fourth-order valence-corrected chi connectivity index (χ4v) is 3.53. The summed E-state index contributed by atoms with van der Waals surface area (Å²) < 4.78 is 21.1. The third-order valence-corrected chi connectivity index (χ3v) is 4.84. The molecule has 158 valence electrons. The Hall–Kier alpha value is -3.94. The Morgan fingerprint density at radius 3 is 2.58 bits per heavy atom. The van der Waals surface area contributed by atoms with Crippen LogP contribution in [0, 0.1) is 0 Å². The number of hydrogen-bond donors (Lipinski definition) is 0. The number of allylic oxidation sites excluding steroid dienone is 1. The first kappa shape index (κ1) is 20.3. The van der Waals surface area contributed by atoms with Crippen LogP contribution in [0.4, 0.5) is 0 Å². The highest BCUT2D eigenvalue weighted by molar-refractivity contribution is 5.96. The fraction of sp³-hybridized carbons (Fsp3) is 0.217.